The van der Waals surface area contributed by atoms with Gasteiger partial charge in [0.25, 0.3) is 11.8 Å². The molecule has 1 aromatic heterocycles. The molecule has 2 aromatic carbocycles. The van der Waals surface area contributed by atoms with E-state index in [4.69, 9.17) is 4.52 Å². The quantitative estimate of drug-likeness (QED) is 0.778. The van der Waals surface area contributed by atoms with Gasteiger partial charge in [0, 0.05) is 31.9 Å². The van der Waals surface area contributed by atoms with Crippen LogP contribution in [0.3, 0.4) is 0 Å². The number of rotatable bonds is 5. The van der Waals surface area contributed by atoms with Crippen LogP contribution in [0.5, 0.6) is 0 Å². The lowest BCUT2D eigenvalue weighted by Crippen LogP contribution is -2.09. The summed E-state index contributed by atoms with van der Waals surface area (Å²) >= 11 is 0. The Balaban J connectivity index is 1.68. The summed E-state index contributed by atoms with van der Waals surface area (Å²) in [4.78, 5) is 6.47. The lowest BCUT2D eigenvalue weighted by atomic mass is 10.1. The molecular formula is C18H20N4O. The van der Waals surface area contributed by atoms with E-state index in [1.54, 1.807) is 0 Å². The Morgan fingerprint density at radius 2 is 1.87 bits per heavy atom. The van der Waals surface area contributed by atoms with E-state index in [2.05, 4.69) is 45.5 Å². The molecule has 118 valence electrons. The van der Waals surface area contributed by atoms with Gasteiger partial charge in [-0.25, -0.2) is 0 Å². The van der Waals surface area contributed by atoms with Crippen LogP contribution in [0.4, 0.5) is 11.6 Å². The van der Waals surface area contributed by atoms with E-state index < -0.39 is 0 Å². The van der Waals surface area contributed by atoms with Crippen molar-refractivity contribution in [3.05, 3.63) is 59.7 Å². The van der Waals surface area contributed by atoms with Crippen LogP contribution in [0, 0.1) is 6.92 Å². The van der Waals surface area contributed by atoms with Gasteiger partial charge in [-0.2, -0.15) is 4.98 Å². The minimum atomic E-state index is 0.500. The molecule has 0 atom stereocenters. The summed E-state index contributed by atoms with van der Waals surface area (Å²) in [7, 11) is 4.08. The monoisotopic (exact) mass is 308 g/mol. The Bertz CT molecular complexity index is 781. The van der Waals surface area contributed by atoms with Gasteiger partial charge in [0.05, 0.1) is 0 Å². The zero-order valence-corrected chi connectivity index (χ0v) is 13.6. The van der Waals surface area contributed by atoms with E-state index in [0.29, 0.717) is 18.4 Å². The fourth-order valence-corrected chi connectivity index (χ4v) is 2.32. The van der Waals surface area contributed by atoms with Crippen molar-refractivity contribution in [2.75, 3.05) is 24.3 Å². The molecule has 5 nitrogen and oxygen atoms in total. The molecule has 3 rings (SSSR count). The van der Waals surface area contributed by atoms with Crippen LogP contribution in [-0.4, -0.2) is 24.2 Å². The second-order valence-corrected chi connectivity index (χ2v) is 5.65. The summed E-state index contributed by atoms with van der Waals surface area (Å²) in [6.07, 6.45) is 0. The van der Waals surface area contributed by atoms with Crippen LogP contribution in [0.1, 0.15) is 11.1 Å². The summed E-state index contributed by atoms with van der Waals surface area (Å²) in [5.74, 6) is 1.02. The van der Waals surface area contributed by atoms with Gasteiger partial charge in [-0.1, -0.05) is 24.3 Å². The van der Waals surface area contributed by atoms with Gasteiger partial charge in [-0.05, 0) is 47.5 Å². The minimum Gasteiger partial charge on any atom is -0.378 e. The van der Waals surface area contributed by atoms with Crippen LogP contribution in [-0.2, 0) is 6.54 Å². The second-order valence-electron chi connectivity index (χ2n) is 5.65. The highest BCUT2D eigenvalue weighted by Gasteiger charge is 2.08. The standard InChI is InChI=1S/C18H20N4O/c1-13-11-16(22(2)3)10-9-15(13)12-19-18-20-17(23-21-18)14-7-5-4-6-8-14/h4-11H,12H2,1-3H3,(H,19,21). The maximum absolute atomic E-state index is 5.29. The van der Waals surface area contributed by atoms with Crippen molar-refractivity contribution in [2.24, 2.45) is 0 Å². The van der Waals surface area contributed by atoms with Crippen molar-refractivity contribution >= 4 is 11.6 Å². The molecule has 3 aromatic rings. The van der Waals surface area contributed by atoms with E-state index in [-0.39, 0.29) is 0 Å². The van der Waals surface area contributed by atoms with Crippen molar-refractivity contribution in [2.45, 2.75) is 13.5 Å². The lowest BCUT2D eigenvalue weighted by Gasteiger charge is -2.15. The molecule has 0 radical (unpaired) electrons. The van der Waals surface area contributed by atoms with Gasteiger partial charge >= 0.3 is 0 Å². The van der Waals surface area contributed by atoms with Gasteiger partial charge in [0.1, 0.15) is 0 Å². The number of anilines is 2. The molecule has 0 spiro atoms. The van der Waals surface area contributed by atoms with Gasteiger partial charge in [0.15, 0.2) is 0 Å². The summed E-state index contributed by atoms with van der Waals surface area (Å²) < 4.78 is 5.29. The van der Waals surface area contributed by atoms with E-state index in [1.165, 1.54) is 16.8 Å². The molecule has 0 amide bonds. The predicted octanol–water partition coefficient (Wildman–Crippen LogP) is 3.72. The van der Waals surface area contributed by atoms with E-state index in [0.717, 1.165) is 5.56 Å². The molecule has 1 N–H and O–H groups in total. The molecular weight excluding hydrogens is 288 g/mol. The van der Waals surface area contributed by atoms with Crippen molar-refractivity contribution in [1.82, 2.24) is 10.1 Å². The van der Waals surface area contributed by atoms with Crippen LogP contribution >= 0.6 is 0 Å². The summed E-state index contributed by atoms with van der Waals surface area (Å²) in [6.45, 7) is 2.77. The maximum Gasteiger partial charge on any atom is 0.264 e. The molecule has 23 heavy (non-hydrogen) atoms. The van der Waals surface area contributed by atoms with Gasteiger partial charge < -0.3 is 14.7 Å². The van der Waals surface area contributed by atoms with Crippen molar-refractivity contribution < 1.29 is 4.52 Å². The molecule has 0 saturated heterocycles. The van der Waals surface area contributed by atoms with Gasteiger partial charge in [-0.15, -0.1) is 0 Å². The summed E-state index contributed by atoms with van der Waals surface area (Å²) in [6, 6.07) is 16.1. The Hall–Kier alpha value is -2.82. The average molecular weight is 308 g/mol. The first-order valence-electron chi connectivity index (χ1n) is 7.53. The number of aryl methyl sites for hydroxylation is 1. The molecule has 0 aliphatic heterocycles. The molecule has 0 fully saturated rings. The SMILES string of the molecule is Cc1cc(N(C)C)ccc1CNc1noc(-c2ccccc2)n1. The Labute approximate surface area is 136 Å². The Morgan fingerprint density at radius 3 is 2.57 bits per heavy atom. The van der Waals surface area contributed by atoms with Gasteiger partial charge in [-0.3, -0.25) is 0 Å². The first-order valence-corrected chi connectivity index (χ1v) is 7.53. The largest absolute Gasteiger partial charge is 0.378 e. The van der Waals surface area contributed by atoms with Crippen LogP contribution in [0.25, 0.3) is 11.5 Å². The molecule has 0 bridgehead atoms. The van der Waals surface area contributed by atoms with Crippen molar-refractivity contribution in [1.29, 1.82) is 0 Å². The van der Waals surface area contributed by atoms with Crippen LogP contribution < -0.4 is 10.2 Å². The van der Waals surface area contributed by atoms with E-state index >= 15 is 0 Å². The number of nitrogens with one attached hydrogen (secondary N) is 1. The number of nitrogens with zero attached hydrogens (tertiary/aromatic N) is 3. The van der Waals surface area contributed by atoms with Crippen molar-refractivity contribution in [3.8, 4) is 11.5 Å². The molecule has 0 saturated carbocycles. The van der Waals surface area contributed by atoms with E-state index in [1.807, 2.05) is 44.4 Å². The fourth-order valence-electron chi connectivity index (χ4n) is 2.32. The third-order valence-electron chi connectivity index (χ3n) is 3.73. The number of hydrogen-bond donors (Lipinski definition) is 1. The molecule has 0 unspecified atom stereocenters. The first kappa shape index (κ1) is 15.1. The summed E-state index contributed by atoms with van der Waals surface area (Å²) in [5, 5.41) is 7.19. The van der Waals surface area contributed by atoms with E-state index in [9.17, 15) is 0 Å². The minimum absolute atomic E-state index is 0.500. The lowest BCUT2D eigenvalue weighted by molar-refractivity contribution is 0.432. The normalized spacial score (nSPS) is 10.6. The highest BCUT2D eigenvalue weighted by atomic mass is 16.5. The van der Waals surface area contributed by atoms with Crippen LogP contribution in [0.2, 0.25) is 0 Å². The van der Waals surface area contributed by atoms with Gasteiger partial charge in [0.2, 0.25) is 0 Å². The highest BCUT2D eigenvalue weighted by molar-refractivity contribution is 5.54. The maximum atomic E-state index is 5.29. The molecule has 0 aliphatic carbocycles. The number of aromatic nitrogens is 2. The molecule has 0 aliphatic rings. The average Bonchev–Trinajstić information content (AvgIpc) is 3.03. The van der Waals surface area contributed by atoms with Crippen molar-refractivity contribution in [3.63, 3.8) is 0 Å². The molecule has 1 heterocycles. The zero-order chi connectivity index (χ0) is 16.2. The third kappa shape index (κ3) is 3.51. The zero-order valence-electron chi connectivity index (χ0n) is 13.6. The fraction of sp³-hybridized carbons (Fsp3) is 0.222. The predicted molar refractivity (Wildman–Crippen MR) is 92.6 cm³/mol. The smallest absolute Gasteiger partial charge is 0.264 e. The topological polar surface area (TPSA) is 54.2 Å². The second kappa shape index (κ2) is 6.52. The Morgan fingerprint density at radius 1 is 1.09 bits per heavy atom. The number of benzene rings is 2. The third-order valence-corrected chi connectivity index (χ3v) is 3.73. The molecule has 5 heteroatoms. The Kier molecular flexibility index (Phi) is 4.28. The summed E-state index contributed by atoms with van der Waals surface area (Å²) in [5.41, 5.74) is 4.55. The number of hydrogen-bond acceptors (Lipinski definition) is 5. The van der Waals surface area contributed by atoms with Crippen LogP contribution in [0.15, 0.2) is 53.1 Å². The highest BCUT2D eigenvalue weighted by Crippen LogP contribution is 2.20. The first-order chi connectivity index (χ1) is 11.1.